The van der Waals surface area contributed by atoms with Crippen molar-refractivity contribution < 1.29 is 9.18 Å². The molecular formula is C15H13FN2O. The van der Waals surface area contributed by atoms with Crippen LogP contribution in [-0.4, -0.2) is 12.5 Å². The summed E-state index contributed by atoms with van der Waals surface area (Å²) in [6.07, 6.45) is 0.836. The van der Waals surface area contributed by atoms with E-state index in [1.165, 1.54) is 18.2 Å². The molecule has 3 nitrogen and oxygen atoms in total. The highest BCUT2D eigenvalue weighted by Gasteiger charge is 2.26. The van der Waals surface area contributed by atoms with E-state index < -0.39 is 5.82 Å². The number of para-hydroxylation sites is 1. The van der Waals surface area contributed by atoms with E-state index in [0.29, 0.717) is 12.1 Å². The molecule has 1 aliphatic heterocycles. The van der Waals surface area contributed by atoms with Crippen LogP contribution in [0.25, 0.3) is 0 Å². The number of nitrogens with two attached hydrogens (primary N) is 1. The lowest BCUT2D eigenvalue weighted by atomic mass is 10.1. The molecule has 0 atom stereocenters. The van der Waals surface area contributed by atoms with Crippen molar-refractivity contribution >= 4 is 17.3 Å². The Balaban J connectivity index is 1.98. The zero-order valence-electron chi connectivity index (χ0n) is 10.3. The molecule has 0 saturated carbocycles. The van der Waals surface area contributed by atoms with Crippen LogP contribution >= 0.6 is 0 Å². The third-order valence-electron chi connectivity index (χ3n) is 3.38. The summed E-state index contributed by atoms with van der Waals surface area (Å²) < 4.78 is 13.0. The van der Waals surface area contributed by atoms with Gasteiger partial charge in [-0.2, -0.15) is 0 Å². The molecule has 0 radical (unpaired) electrons. The van der Waals surface area contributed by atoms with Gasteiger partial charge in [0, 0.05) is 17.9 Å². The average molecular weight is 256 g/mol. The number of hydrogen-bond donors (Lipinski definition) is 1. The number of amides is 1. The Morgan fingerprint density at radius 3 is 2.79 bits per heavy atom. The first-order valence-electron chi connectivity index (χ1n) is 6.11. The summed E-state index contributed by atoms with van der Waals surface area (Å²) in [5.41, 5.74) is 8.31. The van der Waals surface area contributed by atoms with E-state index in [0.717, 1.165) is 17.7 Å². The monoisotopic (exact) mass is 256 g/mol. The average Bonchev–Trinajstić information content (AvgIpc) is 2.82. The Kier molecular flexibility index (Phi) is 2.71. The lowest BCUT2D eigenvalue weighted by Gasteiger charge is -2.18. The number of anilines is 2. The number of halogens is 1. The maximum Gasteiger partial charge on any atom is 0.260 e. The Hall–Kier alpha value is -2.36. The molecule has 0 saturated heterocycles. The minimum atomic E-state index is -0.434. The standard InChI is InChI=1S/C15H13FN2O/c16-11-5-6-12(13(17)9-11)15(19)18-8-7-10-3-1-2-4-14(10)18/h1-6,9H,7-8,17H2. The summed E-state index contributed by atoms with van der Waals surface area (Å²) in [5, 5.41) is 0. The molecular weight excluding hydrogens is 243 g/mol. The van der Waals surface area contributed by atoms with Gasteiger partial charge in [0.05, 0.1) is 5.56 Å². The highest BCUT2D eigenvalue weighted by atomic mass is 19.1. The summed E-state index contributed by atoms with van der Waals surface area (Å²) in [5.74, 6) is -0.613. The van der Waals surface area contributed by atoms with Crippen LogP contribution in [0.4, 0.5) is 15.8 Å². The second kappa shape index (κ2) is 4.39. The largest absolute Gasteiger partial charge is 0.398 e. The predicted molar refractivity (Wildman–Crippen MR) is 72.6 cm³/mol. The molecule has 2 aromatic rings. The smallest absolute Gasteiger partial charge is 0.260 e. The van der Waals surface area contributed by atoms with Crippen molar-refractivity contribution in [3.8, 4) is 0 Å². The molecule has 1 aliphatic rings. The van der Waals surface area contributed by atoms with Gasteiger partial charge in [-0.25, -0.2) is 4.39 Å². The molecule has 19 heavy (non-hydrogen) atoms. The topological polar surface area (TPSA) is 46.3 Å². The maximum absolute atomic E-state index is 13.0. The molecule has 0 fully saturated rings. The van der Waals surface area contributed by atoms with Crippen LogP contribution in [0.2, 0.25) is 0 Å². The SMILES string of the molecule is Nc1cc(F)ccc1C(=O)N1CCc2ccccc21. The van der Waals surface area contributed by atoms with Gasteiger partial charge in [0.2, 0.25) is 0 Å². The second-order valence-corrected chi connectivity index (χ2v) is 4.57. The third kappa shape index (κ3) is 1.95. The number of fused-ring (bicyclic) bond motifs is 1. The molecule has 0 aromatic heterocycles. The van der Waals surface area contributed by atoms with Crippen molar-refractivity contribution in [1.29, 1.82) is 0 Å². The highest BCUT2D eigenvalue weighted by molar-refractivity contribution is 6.10. The first-order chi connectivity index (χ1) is 9.16. The van der Waals surface area contributed by atoms with Gasteiger partial charge in [-0.05, 0) is 36.2 Å². The van der Waals surface area contributed by atoms with E-state index >= 15 is 0 Å². The van der Waals surface area contributed by atoms with Crippen molar-refractivity contribution in [3.05, 3.63) is 59.4 Å². The first kappa shape index (κ1) is 11.7. The predicted octanol–water partition coefficient (Wildman–Crippen LogP) is 2.61. The molecule has 2 N–H and O–H groups in total. The van der Waals surface area contributed by atoms with E-state index in [-0.39, 0.29) is 11.6 Å². The van der Waals surface area contributed by atoms with Gasteiger partial charge < -0.3 is 10.6 Å². The molecule has 0 aliphatic carbocycles. The number of nitrogens with zero attached hydrogens (tertiary/aromatic N) is 1. The normalized spacial score (nSPS) is 13.4. The molecule has 0 spiro atoms. The van der Waals surface area contributed by atoms with Crippen molar-refractivity contribution in [2.45, 2.75) is 6.42 Å². The highest BCUT2D eigenvalue weighted by Crippen LogP contribution is 2.29. The van der Waals surface area contributed by atoms with E-state index in [2.05, 4.69) is 0 Å². The summed E-state index contributed by atoms with van der Waals surface area (Å²) in [4.78, 5) is 14.2. The fourth-order valence-electron chi connectivity index (χ4n) is 2.42. The fraction of sp³-hybridized carbons (Fsp3) is 0.133. The molecule has 1 amide bonds. The summed E-state index contributed by atoms with van der Waals surface area (Å²) >= 11 is 0. The molecule has 0 bridgehead atoms. The number of carbonyl (C=O) groups excluding carboxylic acids is 1. The van der Waals surface area contributed by atoms with Crippen molar-refractivity contribution in [2.75, 3.05) is 17.2 Å². The van der Waals surface area contributed by atoms with Gasteiger partial charge in [0.25, 0.3) is 5.91 Å². The summed E-state index contributed by atoms with van der Waals surface area (Å²) in [6, 6.07) is 11.7. The second-order valence-electron chi connectivity index (χ2n) is 4.57. The molecule has 96 valence electrons. The number of nitrogen functional groups attached to an aromatic ring is 1. The van der Waals surface area contributed by atoms with Crippen molar-refractivity contribution in [2.24, 2.45) is 0 Å². The Morgan fingerprint density at radius 1 is 1.21 bits per heavy atom. The van der Waals surface area contributed by atoms with Gasteiger partial charge in [-0.1, -0.05) is 18.2 Å². The Morgan fingerprint density at radius 2 is 2.00 bits per heavy atom. The Labute approximate surface area is 110 Å². The van der Waals surface area contributed by atoms with Crippen LogP contribution in [0.1, 0.15) is 15.9 Å². The fourth-order valence-corrected chi connectivity index (χ4v) is 2.42. The summed E-state index contributed by atoms with van der Waals surface area (Å²) in [6.45, 7) is 0.634. The van der Waals surface area contributed by atoms with Crippen LogP contribution in [0.5, 0.6) is 0 Å². The zero-order valence-corrected chi connectivity index (χ0v) is 10.3. The molecule has 1 heterocycles. The van der Waals surface area contributed by atoms with Crippen LogP contribution < -0.4 is 10.6 Å². The van der Waals surface area contributed by atoms with Crippen molar-refractivity contribution in [3.63, 3.8) is 0 Å². The van der Waals surface area contributed by atoms with Gasteiger partial charge in [-0.3, -0.25) is 4.79 Å². The maximum atomic E-state index is 13.0. The van der Waals surface area contributed by atoms with E-state index in [1.54, 1.807) is 4.90 Å². The number of carbonyl (C=O) groups is 1. The van der Waals surface area contributed by atoms with Crippen LogP contribution in [-0.2, 0) is 6.42 Å². The molecule has 2 aromatic carbocycles. The lowest BCUT2D eigenvalue weighted by molar-refractivity contribution is 0.0990. The molecule has 3 rings (SSSR count). The van der Waals surface area contributed by atoms with E-state index in [1.807, 2.05) is 24.3 Å². The van der Waals surface area contributed by atoms with Gasteiger partial charge >= 0.3 is 0 Å². The third-order valence-corrected chi connectivity index (χ3v) is 3.38. The minimum Gasteiger partial charge on any atom is -0.398 e. The first-order valence-corrected chi connectivity index (χ1v) is 6.11. The van der Waals surface area contributed by atoms with Crippen LogP contribution in [0, 0.1) is 5.82 Å². The van der Waals surface area contributed by atoms with E-state index in [9.17, 15) is 9.18 Å². The molecule has 4 heteroatoms. The zero-order chi connectivity index (χ0) is 13.4. The van der Waals surface area contributed by atoms with Crippen molar-refractivity contribution in [1.82, 2.24) is 0 Å². The number of hydrogen-bond acceptors (Lipinski definition) is 2. The Bertz CT molecular complexity index is 654. The van der Waals surface area contributed by atoms with Gasteiger partial charge in [0.15, 0.2) is 0 Å². The number of rotatable bonds is 1. The van der Waals surface area contributed by atoms with Crippen LogP contribution in [0.3, 0.4) is 0 Å². The summed E-state index contributed by atoms with van der Waals surface area (Å²) in [7, 11) is 0. The quantitative estimate of drug-likeness (QED) is 0.797. The van der Waals surface area contributed by atoms with Gasteiger partial charge in [0.1, 0.15) is 5.82 Å². The molecule has 0 unspecified atom stereocenters. The van der Waals surface area contributed by atoms with Gasteiger partial charge in [-0.15, -0.1) is 0 Å². The lowest BCUT2D eigenvalue weighted by Crippen LogP contribution is -2.29. The van der Waals surface area contributed by atoms with E-state index in [4.69, 9.17) is 5.73 Å². The minimum absolute atomic E-state index is 0.175. The van der Waals surface area contributed by atoms with Crippen LogP contribution in [0.15, 0.2) is 42.5 Å². The number of benzene rings is 2.